The minimum Gasteiger partial charge on any atom is -0.485 e. The van der Waals surface area contributed by atoms with Gasteiger partial charge < -0.3 is 14.5 Å². The smallest absolute Gasteiger partial charge is 0.146 e. The van der Waals surface area contributed by atoms with Crippen LogP contribution in [0.5, 0.6) is 5.75 Å². The lowest BCUT2D eigenvalue weighted by atomic mass is 10.2. The topological polar surface area (TPSA) is 34.4 Å². The van der Waals surface area contributed by atoms with Gasteiger partial charge in [-0.2, -0.15) is 0 Å². The van der Waals surface area contributed by atoms with Gasteiger partial charge in [0.1, 0.15) is 35.5 Å². The third kappa shape index (κ3) is 3.82. The maximum absolute atomic E-state index is 13.1. The summed E-state index contributed by atoms with van der Waals surface area (Å²) >= 11 is 0. The summed E-state index contributed by atoms with van der Waals surface area (Å²) in [4.78, 5) is 0. The molecule has 1 aliphatic rings. The van der Waals surface area contributed by atoms with E-state index in [1.165, 1.54) is 12.8 Å². The zero-order valence-corrected chi connectivity index (χ0v) is 11.8. The van der Waals surface area contributed by atoms with E-state index in [1.807, 2.05) is 13.0 Å². The largest absolute Gasteiger partial charge is 0.485 e. The molecule has 1 aromatic heterocycles. The quantitative estimate of drug-likeness (QED) is 0.882. The molecule has 1 heterocycles. The molecule has 3 nitrogen and oxygen atoms in total. The van der Waals surface area contributed by atoms with Gasteiger partial charge in [-0.1, -0.05) is 0 Å². The van der Waals surface area contributed by atoms with E-state index in [-0.39, 0.29) is 12.4 Å². The van der Waals surface area contributed by atoms with E-state index in [4.69, 9.17) is 9.15 Å². The molecule has 112 valence electrons. The highest BCUT2D eigenvalue weighted by Crippen LogP contribution is 2.22. The van der Waals surface area contributed by atoms with Crippen LogP contribution in [-0.4, -0.2) is 6.04 Å². The Bertz CT molecular complexity index is 615. The summed E-state index contributed by atoms with van der Waals surface area (Å²) in [5, 5.41) is 3.42. The lowest BCUT2D eigenvalue weighted by Crippen LogP contribution is -2.15. The molecule has 21 heavy (non-hydrogen) atoms. The maximum Gasteiger partial charge on any atom is 0.146 e. The Morgan fingerprint density at radius 1 is 1.19 bits per heavy atom. The highest BCUT2D eigenvalue weighted by Gasteiger charge is 2.21. The van der Waals surface area contributed by atoms with Crippen LogP contribution in [0.15, 0.2) is 28.7 Å². The summed E-state index contributed by atoms with van der Waals surface area (Å²) < 4.78 is 37.1. The molecule has 0 atom stereocenters. The first-order valence-electron chi connectivity index (χ1n) is 7.00. The van der Waals surface area contributed by atoms with Crippen LogP contribution in [0, 0.1) is 18.6 Å². The van der Waals surface area contributed by atoms with Crippen LogP contribution in [0.1, 0.15) is 29.9 Å². The van der Waals surface area contributed by atoms with Crippen molar-refractivity contribution in [2.45, 2.75) is 39.0 Å². The van der Waals surface area contributed by atoms with E-state index in [2.05, 4.69) is 5.32 Å². The standard InChI is InChI=1S/C16H17F2NO2/c1-10-11(8-19-14-2-3-14)4-16(21-10)9-20-15-6-12(17)5-13(18)7-15/h4-7,14,19H,2-3,8-9H2,1H3. The lowest BCUT2D eigenvalue weighted by Gasteiger charge is -2.04. The summed E-state index contributed by atoms with van der Waals surface area (Å²) in [6.45, 7) is 2.82. The molecule has 2 aromatic rings. The molecule has 0 saturated heterocycles. The van der Waals surface area contributed by atoms with E-state index in [0.717, 1.165) is 36.1 Å². The van der Waals surface area contributed by atoms with Crippen LogP contribution < -0.4 is 10.1 Å². The first-order valence-corrected chi connectivity index (χ1v) is 7.00. The van der Waals surface area contributed by atoms with Crippen molar-refractivity contribution < 1.29 is 17.9 Å². The fourth-order valence-electron chi connectivity index (χ4n) is 2.14. The van der Waals surface area contributed by atoms with E-state index in [9.17, 15) is 8.78 Å². The number of hydrogen-bond acceptors (Lipinski definition) is 3. The third-order valence-corrected chi connectivity index (χ3v) is 3.45. The summed E-state index contributed by atoms with van der Waals surface area (Å²) in [5.74, 6) is 0.320. The van der Waals surface area contributed by atoms with Crippen LogP contribution in [0.25, 0.3) is 0 Å². The Hall–Kier alpha value is -1.88. The average Bonchev–Trinajstić information content (AvgIpc) is 3.17. The normalized spacial score (nSPS) is 14.4. The van der Waals surface area contributed by atoms with Crippen molar-refractivity contribution in [3.05, 3.63) is 53.0 Å². The molecule has 1 aliphatic carbocycles. The number of nitrogens with one attached hydrogen (secondary N) is 1. The van der Waals surface area contributed by atoms with Crippen LogP contribution in [0.4, 0.5) is 8.78 Å². The molecule has 5 heteroatoms. The van der Waals surface area contributed by atoms with Gasteiger partial charge in [-0.25, -0.2) is 8.78 Å². The molecule has 1 N–H and O–H groups in total. The first-order chi connectivity index (χ1) is 10.1. The Morgan fingerprint density at radius 2 is 1.90 bits per heavy atom. The Morgan fingerprint density at radius 3 is 2.57 bits per heavy atom. The van der Waals surface area contributed by atoms with Crippen molar-refractivity contribution in [3.63, 3.8) is 0 Å². The third-order valence-electron chi connectivity index (χ3n) is 3.45. The van der Waals surface area contributed by atoms with E-state index in [0.29, 0.717) is 11.8 Å². The van der Waals surface area contributed by atoms with Gasteiger partial charge in [-0.15, -0.1) is 0 Å². The van der Waals surface area contributed by atoms with E-state index >= 15 is 0 Å². The van der Waals surface area contributed by atoms with Crippen LogP contribution >= 0.6 is 0 Å². The fourth-order valence-corrected chi connectivity index (χ4v) is 2.14. The first kappa shape index (κ1) is 14.1. The lowest BCUT2D eigenvalue weighted by molar-refractivity contribution is 0.265. The number of benzene rings is 1. The Balaban J connectivity index is 1.60. The summed E-state index contributed by atoms with van der Waals surface area (Å²) in [5.41, 5.74) is 1.09. The molecule has 0 radical (unpaired) electrons. The highest BCUT2D eigenvalue weighted by atomic mass is 19.1. The second kappa shape index (κ2) is 5.85. The fraction of sp³-hybridized carbons (Fsp3) is 0.375. The van der Waals surface area contributed by atoms with Gasteiger partial charge in [-0.3, -0.25) is 0 Å². The number of halogens is 2. The summed E-state index contributed by atoms with van der Waals surface area (Å²) in [6.07, 6.45) is 2.47. The number of rotatable bonds is 6. The molecule has 0 spiro atoms. The zero-order chi connectivity index (χ0) is 14.8. The monoisotopic (exact) mass is 293 g/mol. The van der Waals surface area contributed by atoms with Crippen molar-refractivity contribution in [2.75, 3.05) is 0 Å². The van der Waals surface area contributed by atoms with Crippen LogP contribution in [0.3, 0.4) is 0 Å². The minimum absolute atomic E-state index is 0.146. The van der Waals surface area contributed by atoms with Crippen LogP contribution in [0.2, 0.25) is 0 Å². The second-order valence-electron chi connectivity index (χ2n) is 5.34. The van der Waals surface area contributed by atoms with Gasteiger partial charge in [0.05, 0.1) is 0 Å². The Kier molecular flexibility index (Phi) is 3.92. The SMILES string of the molecule is Cc1oc(COc2cc(F)cc(F)c2)cc1CNC1CC1. The molecule has 0 aliphatic heterocycles. The molecular weight excluding hydrogens is 276 g/mol. The van der Waals surface area contributed by atoms with Gasteiger partial charge >= 0.3 is 0 Å². The Labute approximate surface area is 121 Å². The second-order valence-corrected chi connectivity index (χ2v) is 5.34. The van der Waals surface area contributed by atoms with Gasteiger partial charge in [0.15, 0.2) is 0 Å². The predicted molar refractivity (Wildman–Crippen MR) is 74.0 cm³/mol. The van der Waals surface area contributed by atoms with Crippen molar-refractivity contribution in [1.29, 1.82) is 0 Å². The number of hydrogen-bond donors (Lipinski definition) is 1. The van der Waals surface area contributed by atoms with Crippen molar-refractivity contribution >= 4 is 0 Å². The molecule has 1 saturated carbocycles. The molecule has 3 rings (SSSR count). The average molecular weight is 293 g/mol. The molecule has 1 fully saturated rings. The molecule has 1 aromatic carbocycles. The zero-order valence-electron chi connectivity index (χ0n) is 11.8. The molecular formula is C16H17F2NO2. The van der Waals surface area contributed by atoms with Crippen molar-refractivity contribution in [3.8, 4) is 5.75 Å². The minimum atomic E-state index is -0.657. The molecule has 0 amide bonds. The summed E-state index contributed by atoms with van der Waals surface area (Å²) in [7, 11) is 0. The van der Waals surface area contributed by atoms with Crippen molar-refractivity contribution in [2.24, 2.45) is 0 Å². The van der Waals surface area contributed by atoms with E-state index in [1.54, 1.807) is 0 Å². The number of ether oxygens (including phenoxy) is 1. The molecule has 0 unspecified atom stereocenters. The number of furan rings is 1. The van der Waals surface area contributed by atoms with Crippen molar-refractivity contribution in [1.82, 2.24) is 5.32 Å². The van der Waals surface area contributed by atoms with Crippen LogP contribution in [-0.2, 0) is 13.2 Å². The van der Waals surface area contributed by atoms with Gasteiger partial charge in [0, 0.05) is 36.3 Å². The maximum atomic E-state index is 13.1. The summed E-state index contributed by atoms with van der Waals surface area (Å²) in [6, 6.07) is 5.66. The van der Waals surface area contributed by atoms with Gasteiger partial charge in [0.25, 0.3) is 0 Å². The number of aryl methyl sites for hydroxylation is 1. The highest BCUT2D eigenvalue weighted by molar-refractivity contribution is 5.25. The predicted octanol–water partition coefficient (Wildman–Crippen LogP) is 3.70. The molecule has 0 bridgehead atoms. The van der Waals surface area contributed by atoms with E-state index < -0.39 is 11.6 Å². The van der Waals surface area contributed by atoms with Gasteiger partial charge in [0.2, 0.25) is 0 Å². The van der Waals surface area contributed by atoms with Gasteiger partial charge in [-0.05, 0) is 25.8 Å².